The number of carbonyl (C=O) groups is 2. The Balaban J connectivity index is 2.43. The number of rotatable bonds is 5. The Hall–Kier alpha value is -1.88. The van der Waals surface area contributed by atoms with Crippen molar-refractivity contribution in [3.63, 3.8) is 0 Å². The summed E-state index contributed by atoms with van der Waals surface area (Å²) in [6.07, 6.45) is 0.815. The van der Waals surface area contributed by atoms with Crippen molar-refractivity contribution < 1.29 is 9.59 Å². The summed E-state index contributed by atoms with van der Waals surface area (Å²) in [5.74, 6) is -1.22. The maximum absolute atomic E-state index is 11.7. The number of anilines is 1. The van der Waals surface area contributed by atoms with E-state index in [-0.39, 0.29) is 0 Å². The number of carbonyl (C=O) groups excluding carboxylic acids is 2. The summed E-state index contributed by atoms with van der Waals surface area (Å²) in [6.45, 7) is 5.27. The normalized spacial score (nSPS) is 10.4. The molecular formula is C15H23N3O2. The van der Waals surface area contributed by atoms with Gasteiger partial charge in [0.15, 0.2) is 0 Å². The standard InChI is InChI=1S/C15H23N3O2/c1-11-8-12(2)10-13(9-11)17-15(20)14(19)16-6-5-7-18(3)4/h8-10H,5-7H2,1-4H3,(H,16,19)(H,17,20). The van der Waals surface area contributed by atoms with Gasteiger partial charge in [-0.3, -0.25) is 9.59 Å². The number of amides is 2. The monoisotopic (exact) mass is 277 g/mol. The first-order valence-electron chi connectivity index (χ1n) is 6.70. The van der Waals surface area contributed by atoms with Crippen LogP contribution in [0.15, 0.2) is 18.2 Å². The summed E-state index contributed by atoms with van der Waals surface area (Å²) in [6, 6.07) is 5.69. The van der Waals surface area contributed by atoms with Crippen molar-refractivity contribution in [1.82, 2.24) is 10.2 Å². The van der Waals surface area contributed by atoms with E-state index in [0.29, 0.717) is 12.2 Å². The largest absolute Gasteiger partial charge is 0.348 e. The number of nitrogens with one attached hydrogen (secondary N) is 2. The van der Waals surface area contributed by atoms with Crippen molar-refractivity contribution in [2.75, 3.05) is 32.5 Å². The third-order valence-electron chi connectivity index (χ3n) is 2.75. The lowest BCUT2D eigenvalue weighted by Gasteiger charge is -2.10. The molecule has 1 rings (SSSR count). The molecule has 5 nitrogen and oxygen atoms in total. The first kappa shape index (κ1) is 16.2. The molecule has 0 saturated carbocycles. The van der Waals surface area contributed by atoms with Crippen LogP contribution in [0.3, 0.4) is 0 Å². The van der Waals surface area contributed by atoms with Gasteiger partial charge in [0.1, 0.15) is 0 Å². The summed E-state index contributed by atoms with van der Waals surface area (Å²) in [7, 11) is 3.93. The molecule has 2 N–H and O–H groups in total. The van der Waals surface area contributed by atoms with Gasteiger partial charge in [-0.2, -0.15) is 0 Å². The van der Waals surface area contributed by atoms with E-state index in [1.807, 2.05) is 51.0 Å². The van der Waals surface area contributed by atoms with Crippen molar-refractivity contribution >= 4 is 17.5 Å². The van der Waals surface area contributed by atoms with Crippen LogP contribution in [0.1, 0.15) is 17.5 Å². The second-order valence-corrected chi connectivity index (χ2v) is 5.24. The molecule has 0 heterocycles. The minimum atomic E-state index is -0.625. The highest BCUT2D eigenvalue weighted by atomic mass is 16.2. The fraction of sp³-hybridized carbons (Fsp3) is 0.467. The van der Waals surface area contributed by atoms with Crippen LogP contribution in [-0.2, 0) is 9.59 Å². The van der Waals surface area contributed by atoms with E-state index in [2.05, 4.69) is 10.6 Å². The maximum atomic E-state index is 11.7. The van der Waals surface area contributed by atoms with Gasteiger partial charge in [-0.25, -0.2) is 0 Å². The number of aryl methyl sites for hydroxylation is 2. The summed E-state index contributed by atoms with van der Waals surface area (Å²) in [5, 5.41) is 5.22. The van der Waals surface area contributed by atoms with E-state index in [1.165, 1.54) is 0 Å². The second-order valence-electron chi connectivity index (χ2n) is 5.24. The SMILES string of the molecule is Cc1cc(C)cc(NC(=O)C(=O)NCCCN(C)C)c1. The molecule has 0 aliphatic heterocycles. The van der Waals surface area contributed by atoms with E-state index in [1.54, 1.807) is 0 Å². The highest BCUT2D eigenvalue weighted by Crippen LogP contribution is 2.13. The molecule has 0 spiro atoms. The Morgan fingerprint density at radius 2 is 1.65 bits per heavy atom. The summed E-state index contributed by atoms with van der Waals surface area (Å²) >= 11 is 0. The van der Waals surface area contributed by atoms with Gasteiger partial charge in [-0.15, -0.1) is 0 Å². The third kappa shape index (κ3) is 5.84. The molecule has 0 atom stereocenters. The molecule has 2 amide bonds. The third-order valence-corrected chi connectivity index (χ3v) is 2.75. The van der Waals surface area contributed by atoms with Crippen LogP contribution < -0.4 is 10.6 Å². The average Bonchev–Trinajstić information content (AvgIpc) is 2.32. The summed E-state index contributed by atoms with van der Waals surface area (Å²) in [4.78, 5) is 25.4. The zero-order valence-corrected chi connectivity index (χ0v) is 12.6. The molecule has 20 heavy (non-hydrogen) atoms. The van der Waals surface area contributed by atoms with Crippen LogP contribution in [0.5, 0.6) is 0 Å². The fourth-order valence-electron chi connectivity index (χ4n) is 1.91. The van der Waals surface area contributed by atoms with E-state index < -0.39 is 11.8 Å². The number of hydrogen-bond donors (Lipinski definition) is 2. The van der Waals surface area contributed by atoms with Crippen molar-refractivity contribution in [2.24, 2.45) is 0 Å². The van der Waals surface area contributed by atoms with Gasteiger partial charge < -0.3 is 15.5 Å². The Labute approximate surface area is 120 Å². The Bertz CT molecular complexity index is 464. The van der Waals surface area contributed by atoms with Crippen LogP contribution >= 0.6 is 0 Å². The van der Waals surface area contributed by atoms with Crippen molar-refractivity contribution in [3.05, 3.63) is 29.3 Å². The van der Waals surface area contributed by atoms with Gasteiger partial charge in [0.05, 0.1) is 0 Å². The topological polar surface area (TPSA) is 61.4 Å². The zero-order chi connectivity index (χ0) is 15.1. The van der Waals surface area contributed by atoms with Crippen LogP contribution in [0, 0.1) is 13.8 Å². The van der Waals surface area contributed by atoms with Crippen LogP contribution in [0.2, 0.25) is 0 Å². The molecule has 0 aliphatic carbocycles. The number of hydrogen-bond acceptors (Lipinski definition) is 3. The molecule has 0 radical (unpaired) electrons. The fourth-order valence-corrected chi connectivity index (χ4v) is 1.91. The maximum Gasteiger partial charge on any atom is 0.313 e. The van der Waals surface area contributed by atoms with Crippen LogP contribution in [0.4, 0.5) is 5.69 Å². The van der Waals surface area contributed by atoms with Crippen molar-refractivity contribution in [2.45, 2.75) is 20.3 Å². The van der Waals surface area contributed by atoms with E-state index in [9.17, 15) is 9.59 Å². The molecule has 1 aromatic carbocycles. The Kier molecular flexibility index (Phi) is 6.18. The summed E-state index contributed by atoms with van der Waals surface area (Å²) < 4.78 is 0. The minimum absolute atomic E-state index is 0.497. The number of benzene rings is 1. The Morgan fingerprint density at radius 3 is 2.20 bits per heavy atom. The van der Waals surface area contributed by atoms with Crippen molar-refractivity contribution in [1.29, 1.82) is 0 Å². The molecule has 110 valence electrons. The number of nitrogens with zero attached hydrogens (tertiary/aromatic N) is 1. The quantitative estimate of drug-likeness (QED) is 0.630. The molecular weight excluding hydrogens is 254 g/mol. The molecule has 0 bridgehead atoms. The Morgan fingerprint density at radius 1 is 1.05 bits per heavy atom. The first-order chi connectivity index (χ1) is 9.38. The van der Waals surface area contributed by atoms with Crippen LogP contribution in [0.25, 0.3) is 0 Å². The highest BCUT2D eigenvalue weighted by Gasteiger charge is 2.13. The second kappa shape index (κ2) is 7.65. The van der Waals surface area contributed by atoms with E-state index in [0.717, 1.165) is 24.1 Å². The van der Waals surface area contributed by atoms with E-state index >= 15 is 0 Å². The smallest absolute Gasteiger partial charge is 0.313 e. The first-order valence-corrected chi connectivity index (χ1v) is 6.70. The van der Waals surface area contributed by atoms with Gasteiger partial charge in [0, 0.05) is 12.2 Å². The van der Waals surface area contributed by atoms with Gasteiger partial charge in [0.25, 0.3) is 0 Å². The van der Waals surface area contributed by atoms with E-state index in [4.69, 9.17) is 0 Å². The van der Waals surface area contributed by atoms with Crippen molar-refractivity contribution in [3.8, 4) is 0 Å². The summed E-state index contributed by atoms with van der Waals surface area (Å²) in [5.41, 5.74) is 2.74. The van der Waals surface area contributed by atoms with Gasteiger partial charge in [-0.1, -0.05) is 6.07 Å². The van der Waals surface area contributed by atoms with Crippen LogP contribution in [-0.4, -0.2) is 43.9 Å². The van der Waals surface area contributed by atoms with Gasteiger partial charge in [0.2, 0.25) is 0 Å². The molecule has 1 aromatic rings. The molecule has 0 saturated heterocycles. The molecule has 5 heteroatoms. The molecule has 0 aliphatic rings. The molecule has 0 unspecified atom stereocenters. The molecule has 0 fully saturated rings. The predicted molar refractivity (Wildman–Crippen MR) is 80.7 cm³/mol. The zero-order valence-electron chi connectivity index (χ0n) is 12.6. The highest BCUT2D eigenvalue weighted by molar-refractivity contribution is 6.39. The minimum Gasteiger partial charge on any atom is -0.348 e. The average molecular weight is 277 g/mol. The molecule has 0 aromatic heterocycles. The lowest BCUT2D eigenvalue weighted by atomic mass is 10.1. The van der Waals surface area contributed by atoms with Gasteiger partial charge >= 0.3 is 11.8 Å². The lowest BCUT2D eigenvalue weighted by Crippen LogP contribution is -2.36. The van der Waals surface area contributed by atoms with Gasteiger partial charge in [-0.05, 0) is 64.2 Å². The lowest BCUT2D eigenvalue weighted by molar-refractivity contribution is -0.136. The predicted octanol–water partition coefficient (Wildman–Crippen LogP) is 1.31.